The van der Waals surface area contributed by atoms with E-state index in [1.807, 2.05) is 20.8 Å². The number of hydrogen-bond acceptors (Lipinski definition) is 4. The molecule has 1 aromatic rings. The predicted octanol–water partition coefficient (Wildman–Crippen LogP) is 0.859. The first-order valence-electron chi connectivity index (χ1n) is 5.17. The van der Waals surface area contributed by atoms with Crippen molar-refractivity contribution in [2.75, 3.05) is 6.54 Å². The van der Waals surface area contributed by atoms with Gasteiger partial charge in [-0.05, 0) is 32.9 Å². The lowest BCUT2D eigenvalue weighted by Gasteiger charge is -2.08. The van der Waals surface area contributed by atoms with E-state index in [1.54, 1.807) is 6.07 Å². The average Bonchev–Trinajstić information content (AvgIpc) is 2.62. The van der Waals surface area contributed by atoms with Crippen molar-refractivity contribution < 1.29 is 13.2 Å². The van der Waals surface area contributed by atoms with Crippen LogP contribution >= 0.6 is 11.3 Å². The van der Waals surface area contributed by atoms with Crippen LogP contribution in [0.5, 0.6) is 0 Å². The summed E-state index contributed by atoms with van der Waals surface area (Å²) in [6.07, 6.45) is 0. The molecule has 1 aromatic heterocycles. The SMILES string of the molecule is Cc1ccc(S(=O)(=O)NCC(=O)NC(C)C)s1. The Morgan fingerprint density at radius 3 is 2.53 bits per heavy atom. The Hall–Kier alpha value is -0.920. The third kappa shape index (κ3) is 4.45. The molecule has 1 amide bonds. The molecule has 0 aliphatic heterocycles. The third-order valence-electron chi connectivity index (χ3n) is 1.85. The zero-order chi connectivity index (χ0) is 13.1. The summed E-state index contributed by atoms with van der Waals surface area (Å²) < 4.78 is 26.0. The molecule has 0 bridgehead atoms. The van der Waals surface area contributed by atoms with Crippen molar-refractivity contribution in [1.29, 1.82) is 0 Å². The van der Waals surface area contributed by atoms with Crippen LogP contribution in [0.2, 0.25) is 0 Å². The lowest BCUT2D eigenvalue weighted by atomic mass is 10.4. The van der Waals surface area contributed by atoms with Crippen molar-refractivity contribution in [3.05, 3.63) is 17.0 Å². The first kappa shape index (κ1) is 14.1. The van der Waals surface area contributed by atoms with E-state index in [-0.39, 0.29) is 22.7 Å². The molecule has 0 radical (unpaired) electrons. The molecule has 5 nitrogen and oxygen atoms in total. The summed E-state index contributed by atoms with van der Waals surface area (Å²) in [5.41, 5.74) is 0. The predicted molar refractivity (Wildman–Crippen MR) is 67.5 cm³/mol. The highest BCUT2D eigenvalue weighted by molar-refractivity contribution is 7.91. The monoisotopic (exact) mass is 276 g/mol. The van der Waals surface area contributed by atoms with Gasteiger partial charge in [-0.3, -0.25) is 4.79 Å². The van der Waals surface area contributed by atoms with Gasteiger partial charge in [0.1, 0.15) is 4.21 Å². The van der Waals surface area contributed by atoms with E-state index >= 15 is 0 Å². The molecule has 0 aliphatic rings. The van der Waals surface area contributed by atoms with Gasteiger partial charge >= 0.3 is 0 Å². The molecule has 2 N–H and O–H groups in total. The van der Waals surface area contributed by atoms with Crippen LogP contribution in [0.3, 0.4) is 0 Å². The van der Waals surface area contributed by atoms with Crippen molar-refractivity contribution in [2.24, 2.45) is 0 Å². The van der Waals surface area contributed by atoms with Crippen molar-refractivity contribution >= 4 is 27.3 Å². The second kappa shape index (κ2) is 5.61. The summed E-state index contributed by atoms with van der Waals surface area (Å²) in [7, 11) is -3.56. The van der Waals surface area contributed by atoms with E-state index in [0.29, 0.717) is 0 Å². The Bertz CT molecular complexity index is 491. The van der Waals surface area contributed by atoms with E-state index < -0.39 is 10.0 Å². The normalized spacial score (nSPS) is 11.8. The quantitative estimate of drug-likeness (QED) is 0.837. The molecule has 1 heterocycles. The molecule has 17 heavy (non-hydrogen) atoms. The molecular formula is C10H16N2O3S2. The number of nitrogens with one attached hydrogen (secondary N) is 2. The van der Waals surface area contributed by atoms with Gasteiger partial charge in [-0.1, -0.05) is 0 Å². The lowest BCUT2D eigenvalue weighted by molar-refractivity contribution is -0.120. The van der Waals surface area contributed by atoms with E-state index in [4.69, 9.17) is 0 Å². The summed E-state index contributed by atoms with van der Waals surface area (Å²) in [4.78, 5) is 12.2. The molecule has 7 heteroatoms. The van der Waals surface area contributed by atoms with Gasteiger partial charge in [0.15, 0.2) is 0 Å². The molecule has 0 fully saturated rings. The van der Waals surface area contributed by atoms with Crippen LogP contribution < -0.4 is 10.0 Å². The van der Waals surface area contributed by atoms with Gasteiger partial charge in [0.05, 0.1) is 6.54 Å². The molecule has 0 saturated heterocycles. The Balaban J connectivity index is 2.60. The molecule has 0 saturated carbocycles. The van der Waals surface area contributed by atoms with Crippen LogP contribution in [0.4, 0.5) is 0 Å². The first-order chi connectivity index (χ1) is 7.81. The fraction of sp³-hybridized carbons (Fsp3) is 0.500. The van der Waals surface area contributed by atoms with Crippen LogP contribution in [0, 0.1) is 6.92 Å². The van der Waals surface area contributed by atoms with Crippen molar-refractivity contribution in [2.45, 2.75) is 31.0 Å². The molecule has 0 unspecified atom stereocenters. The Kier molecular flexibility index (Phi) is 4.67. The van der Waals surface area contributed by atoms with Crippen molar-refractivity contribution in [1.82, 2.24) is 10.0 Å². The van der Waals surface area contributed by atoms with Gasteiger partial charge in [0.25, 0.3) is 10.0 Å². The largest absolute Gasteiger partial charge is 0.353 e. The van der Waals surface area contributed by atoms with E-state index in [0.717, 1.165) is 4.88 Å². The second-order valence-corrected chi connectivity index (χ2v) is 7.19. The van der Waals surface area contributed by atoms with Gasteiger partial charge in [0.2, 0.25) is 5.91 Å². The van der Waals surface area contributed by atoms with E-state index in [1.165, 1.54) is 17.4 Å². The Labute approximate surface area is 105 Å². The third-order valence-corrected chi connectivity index (χ3v) is 4.75. The number of carbonyl (C=O) groups is 1. The molecule has 1 rings (SSSR count). The van der Waals surface area contributed by atoms with Crippen LogP contribution in [0.15, 0.2) is 16.3 Å². The second-order valence-electron chi connectivity index (χ2n) is 3.91. The fourth-order valence-electron chi connectivity index (χ4n) is 1.16. The number of carbonyl (C=O) groups excluding carboxylic acids is 1. The van der Waals surface area contributed by atoms with Crippen LogP contribution in [0.25, 0.3) is 0 Å². The van der Waals surface area contributed by atoms with Crippen molar-refractivity contribution in [3.63, 3.8) is 0 Å². The minimum atomic E-state index is -3.56. The summed E-state index contributed by atoms with van der Waals surface area (Å²) in [6, 6.07) is 3.26. The fourth-order valence-corrected chi connectivity index (χ4v) is 3.47. The van der Waals surface area contributed by atoms with Gasteiger partial charge in [-0.25, -0.2) is 13.1 Å². The summed E-state index contributed by atoms with van der Waals surface area (Å²) in [6.45, 7) is 5.22. The number of aryl methyl sites for hydroxylation is 1. The zero-order valence-electron chi connectivity index (χ0n) is 9.98. The first-order valence-corrected chi connectivity index (χ1v) is 7.46. The number of amides is 1. The number of rotatable bonds is 5. The van der Waals surface area contributed by atoms with Gasteiger partial charge < -0.3 is 5.32 Å². The average molecular weight is 276 g/mol. The maximum absolute atomic E-state index is 11.8. The van der Waals surface area contributed by atoms with Crippen LogP contribution in [0.1, 0.15) is 18.7 Å². The van der Waals surface area contributed by atoms with Gasteiger partial charge in [-0.2, -0.15) is 0 Å². The number of sulfonamides is 1. The molecule has 0 aromatic carbocycles. The highest BCUT2D eigenvalue weighted by Gasteiger charge is 2.17. The minimum Gasteiger partial charge on any atom is -0.353 e. The number of thiophene rings is 1. The van der Waals surface area contributed by atoms with Gasteiger partial charge in [0, 0.05) is 10.9 Å². The maximum atomic E-state index is 11.8. The van der Waals surface area contributed by atoms with Crippen LogP contribution in [-0.2, 0) is 14.8 Å². The van der Waals surface area contributed by atoms with Crippen molar-refractivity contribution in [3.8, 4) is 0 Å². The maximum Gasteiger partial charge on any atom is 0.250 e. The minimum absolute atomic E-state index is 0.00372. The smallest absolute Gasteiger partial charge is 0.250 e. The summed E-state index contributed by atoms with van der Waals surface area (Å²) >= 11 is 1.18. The number of hydrogen-bond donors (Lipinski definition) is 2. The molecular weight excluding hydrogens is 260 g/mol. The Morgan fingerprint density at radius 1 is 1.41 bits per heavy atom. The Morgan fingerprint density at radius 2 is 2.06 bits per heavy atom. The summed E-state index contributed by atoms with van der Waals surface area (Å²) in [5.74, 6) is -0.336. The molecule has 0 atom stereocenters. The topological polar surface area (TPSA) is 75.3 Å². The summed E-state index contributed by atoms with van der Waals surface area (Å²) in [5, 5.41) is 2.61. The molecule has 0 aliphatic carbocycles. The van der Waals surface area contributed by atoms with E-state index in [2.05, 4.69) is 10.0 Å². The highest BCUT2D eigenvalue weighted by Crippen LogP contribution is 2.19. The van der Waals surface area contributed by atoms with E-state index in [9.17, 15) is 13.2 Å². The van der Waals surface area contributed by atoms with Gasteiger partial charge in [-0.15, -0.1) is 11.3 Å². The molecule has 0 spiro atoms. The van der Waals surface area contributed by atoms with Crippen LogP contribution in [-0.4, -0.2) is 26.9 Å². The lowest BCUT2D eigenvalue weighted by Crippen LogP contribution is -2.39. The highest BCUT2D eigenvalue weighted by atomic mass is 32.2. The molecule has 96 valence electrons. The standard InChI is InChI=1S/C10H16N2O3S2/c1-7(2)12-9(13)6-11-17(14,15)10-5-4-8(3)16-10/h4-5,7,11H,6H2,1-3H3,(H,12,13). The zero-order valence-corrected chi connectivity index (χ0v) is 11.6.